The highest BCUT2D eigenvalue weighted by atomic mass is 79.9. The number of aryl methyl sites for hydroxylation is 1. The van der Waals surface area contributed by atoms with Crippen LogP contribution in [0.3, 0.4) is 0 Å². The fourth-order valence-corrected chi connectivity index (χ4v) is 2.55. The summed E-state index contributed by atoms with van der Waals surface area (Å²) in [6, 6.07) is 1.46. The van der Waals surface area contributed by atoms with Crippen molar-refractivity contribution in [3.8, 4) is 0 Å². The van der Waals surface area contributed by atoms with Gasteiger partial charge in [-0.15, -0.1) is 0 Å². The summed E-state index contributed by atoms with van der Waals surface area (Å²) < 4.78 is 27.0. The zero-order valence-electron chi connectivity index (χ0n) is 7.94. The van der Waals surface area contributed by atoms with Gasteiger partial charge in [0.15, 0.2) is 5.03 Å². The Morgan fingerprint density at radius 1 is 1.71 bits per heavy atom. The number of rotatable bonds is 4. The summed E-state index contributed by atoms with van der Waals surface area (Å²) in [4.78, 5) is 0.102. The van der Waals surface area contributed by atoms with E-state index in [1.54, 1.807) is 7.05 Å². The minimum absolute atomic E-state index is 0.102. The van der Waals surface area contributed by atoms with Crippen molar-refractivity contribution in [2.24, 2.45) is 7.05 Å². The zero-order valence-corrected chi connectivity index (χ0v) is 10.3. The lowest BCUT2D eigenvalue weighted by atomic mass is 10.5. The van der Waals surface area contributed by atoms with E-state index in [0.29, 0.717) is 6.54 Å². The molecule has 0 fully saturated rings. The molecule has 1 rings (SSSR count). The first kappa shape index (κ1) is 11.7. The number of halogens is 1. The summed E-state index contributed by atoms with van der Waals surface area (Å²) in [7, 11) is -1.83. The summed E-state index contributed by atoms with van der Waals surface area (Å²) in [5, 5.41) is 3.97. The van der Waals surface area contributed by atoms with Gasteiger partial charge >= 0.3 is 0 Å². The highest BCUT2D eigenvalue weighted by Crippen LogP contribution is 2.06. The van der Waals surface area contributed by atoms with E-state index in [9.17, 15) is 8.42 Å². The van der Waals surface area contributed by atoms with Gasteiger partial charge in [-0.3, -0.25) is 4.68 Å². The zero-order chi connectivity index (χ0) is 10.8. The second kappa shape index (κ2) is 4.41. The Morgan fingerprint density at radius 3 is 2.79 bits per heavy atom. The number of nitrogens with one attached hydrogen (secondary N) is 1. The van der Waals surface area contributed by atoms with Crippen LogP contribution in [0, 0.1) is 0 Å². The summed E-state index contributed by atoms with van der Waals surface area (Å²) >= 11 is 3.26. The van der Waals surface area contributed by atoms with E-state index >= 15 is 0 Å². The smallest absolute Gasteiger partial charge is 0.256 e. The first-order chi connectivity index (χ1) is 6.43. The van der Waals surface area contributed by atoms with Crippen LogP contribution in [-0.2, 0) is 17.1 Å². The van der Waals surface area contributed by atoms with Gasteiger partial charge in [0.05, 0.1) is 6.20 Å². The first-order valence-corrected chi connectivity index (χ1v) is 6.45. The minimum atomic E-state index is -3.42. The van der Waals surface area contributed by atoms with Gasteiger partial charge < -0.3 is 0 Å². The van der Waals surface area contributed by atoms with Crippen molar-refractivity contribution < 1.29 is 8.42 Å². The van der Waals surface area contributed by atoms with Crippen LogP contribution in [0.5, 0.6) is 0 Å². The largest absolute Gasteiger partial charge is 0.257 e. The SMILES string of the molecule is CC(Br)CNS(=O)(=O)c1ccnn1C. The Bertz CT molecular complexity index is 399. The molecule has 0 aliphatic carbocycles. The van der Waals surface area contributed by atoms with Gasteiger partial charge in [-0.1, -0.05) is 22.9 Å². The maximum Gasteiger partial charge on any atom is 0.257 e. The van der Waals surface area contributed by atoms with Crippen LogP contribution >= 0.6 is 15.9 Å². The molecule has 7 heteroatoms. The fraction of sp³-hybridized carbons (Fsp3) is 0.571. The molecule has 0 amide bonds. The van der Waals surface area contributed by atoms with Crippen LogP contribution in [0.2, 0.25) is 0 Å². The maximum absolute atomic E-state index is 11.6. The summed E-state index contributed by atoms with van der Waals surface area (Å²) in [5.41, 5.74) is 0. The maximum atomic E-state index is 11.6. The standard InChI is InChI=1S/C7H12BrN3O2S/c1-6(8)5-10-14(12,13)7-3-4-9-11(7)2/h3-4,6,10H,5H2,1-2H3. The van der Waals surface area contributed by atoms with Crippen LogP contribution in [0.25, 0.3) is 0 Å². The molecule has 0 saturated heterocycles. The molecule has 0 saturated carbocycles. The molecule has 1 N–H and O–H groups in total. The molecular formula is C7H12BrN3O2S. The van der Waals surface area contributed by atoms with Crippen LogP contribution in [0.1, 0.15) is 6.92 Å². The molecule has 0 spiro atoms. The lowest BCUT2D eigenvalue weighted by molar-refractivity contribution is 0.563. The fourth-order valence-electron chi connectivity index (χ4n) is 0.924. The molecule has 0 bridgehead atoms. The molecule has 1 aromatic heterocycles. The Kier molecular flexibility index (Phi) is 3.68. The van der Waals surface area contributed by atoms with Crippen LogP contribution in [0.4, 0.5) is 0 Å². The van der Waals surface area contributed by atoms with E-state index in [1.807, 2.05) is 6.92 Å². The molecule has 80 valence electrons. The summed E-state index contributed by atoms with van der Waals surface area (Å²) in [6.45, 7) is 2.22. The molecule has 0 aromatic carbocycles. The van der Waals surface area contributed by atoms with E-state index in [-0.39, 0.29) is 9.85 Å². The Labute approximate surface area is 91.7 Å². The average molecular weight is 282 g/mol. The third kappa shape index (κ3) is 2.79. The van der Waals surface area contributed by atoms with Crippen molar-refractivity contribution in [3.63, 3.8) is 0 Å². The molecule has 1 heterocycles. The number of hydrogen-bond donors (Lipinski definition) is 1. The molecule has 14 heavy (non-hydrogen) atoms. The van der Waals surface area contributed by atoms with E-state index in [4.69, 9.17) is 0 Å². The van der Waals surface area contributed by atoms with Crippen LogP contribution in [0.15, 0.2) is 17.3 Å². The van der Waals surface area contributed by atoms with Crippen molar-refractivity contribution in [3.05, 3.63) is 12.3 Å². The van der Waals surface area contributed by atoms with Gasteiger partial charge in [-0.2, -0.15) is 5.10 Å². The van der Waals surface area contributed by atoms with Crippen molar-refractivity contribution in [1.82, 2.24) is 14.5 Å². The van der Waals surface area contributed by atoms with E-state index in [2.05, 4.69) is 25.8 Å². The van der Waals surface area contributed by atoms with Gasteiger partial charge in [0.25, 0.3) is 10.0 Å². The molecule has 1 aromatic rings. The van der Waals surface area contributed by atoms with Crippen molar-refractivity contribution in [1.29, 1.82) is 0 Å². The Hall–Kier alpha value is -0.400. The third-order valence-electron chi connectivity index (χ3n) is 1.61. The lowest BCUT2D eigenvalue weighted by Crippen LogP contribution is -2.29. The second-order valence-corrected chi connectivity index (χ2v) is 6.20. The quantitative estimate of drug-likeness (QED) is 0.817. The van der Waals surface area contributed by atoms with Crippen LogP contribution < -0.4 is 4.72 Å². The number of alkyl halides is 1. The highest BCUT2D eigenvalue weighted by molar-refractivity contribution is 9.09. The second-order valence-electron chi connectivity index (χ2n) is 2.93. The Morgan fingerprint density at radius 2 is 2.36 bits per heavy atom. The molecule has 5 nitrogen and oxygen atoms in total. The topological polar surface area (TPSA) is 64.0 Å². The van der Waals surface area contributed by atoms with E-state index in [1.165, 1.54) is 16.9 Å². The number of nitrogens with zero attached hydrogens (tertiary/aromatic N) is 2. The average Bonchev–Trinajstić information content (AvgIpc) is 2.48. The van der Waals surface area contributed by atoms with Gasteiger partial charge in [0.2, 0.25) is 0 Å². The van der Waals surface area contributed by atoms with Crippen molar-refractivity contribution in [2.45, 2.75) is 16.8 Å². The van der Waals surface area contributed by atoms with Gasteiger partial charge in [0.1, 0.15) is 0 Å². The minimum Gasteiger partial charge on any atom is -0.256 e. The highest BCUT2D eigenvalue weighted by Gasteiger charge is 2.17. The number of hydrogen-bond acceptors (Lipinski definition) is 3. The van der Waals surface area contributed by atoms with E-state index < -0.39 is 10.0 Å². The van der Waals surface area contributed by atoms with Crippen molar-refractivity contribution >= 4 is 26.0 Å². The van der Waals surface area contributed by atoms with Crippen LogP contribution in [-0.4, -0.2) is 29.6 Å². The summed E-state index contributed by atoms with van der Waals surface area (Å²) in [6.07, 6.45) is 1.45. The molecule has 0 aliphatic heterocycles. The van der Waals surface area contributed by atoms with E-state index in [0.717, 1.165) is 0 Å². The Balaban J connectivity index is 2.82. The normalized spacial score (nSPS) is 14.2. The molecule has 0 radical (unpaired) electrons. The predicted molar refractivity (Wildman–Crippen MR) is 56.8 cm³/mol. The monoisotopic (exact) mass is 281 g/mol. The number of aromatic nitrogens is 2. The first-order valence-electron chi connectivity index (χ1n) is 4.05. The van der Waals surface area contributed by atoms with Gasteiger partial charge in [-0.05, 0) is 6.07 Å². The lowest BCUT2D eigenvalue weighted by Gasteiger charge is -2.07. The van der Waals surface area contributed by atoms with Gasteiger partial charge in [0, 0.05) is 18.4 Å². The third-order valence-corrected chi connectivity index (χ3v) is 3.43. The predicted octanol–water partition coefficient (Wildman–Crippen LogP) is 0.482. The molecule has 0 aliphatic rings. The molecule has 1 unspecified atom stereocenters. The van der Waals surface area contributed by atoms with Crippen molar-refractivity contribution in [2.75, 3.05) is 6.54 Å². The summed E-state index contributed by atoms with van der Waals surface area (Å²) in [5.74, 6) is 0. The molecular weight excluding hydrogens is 270 g/mol. The number of sulfonamides is 1. The molecule has 1 atom stereocenters. The van der Waals surface area contributed by atoms with Gasteiger partial charge in [-0.25, -0.2) is 13.1 Å².